The number of nitrogens with zero attached hydrogens (tertiary/aromatic N) is 3. The van der Waals surface area contributed by atoms with Gasteiger partial charge in [-0.1, -0.05) is 43.7 Å². The molecule has 1 aliphatic rings. The van der Waals surface area contributed by atoms with Crippen molar-refractivity contribution in [1.29, 1.82) is 0 Å². The predicted octanol–water partition coefficient (Wildman–Crippen LogP) is 3.71. The number of aryl methyl sites for hydroxylation is 1. The maximum Gasteiger partial charge on any atom is 0.222 e. The van der Waals surface area contributed by atoms with Crippen LogP contribution in [-0.2, 0) is 11.3 Å². The van der Waals surface area contributed by atoms with Crippen LogP contribution in [0.4, 0.5) is 0 Å². The minimum Gasteiger partial charge on any atom is -0.342 e. The van der Waals surface area contributed by atoms with E-state index in [-0.39, 0.29) is 0 Å². The largest absolute Gasteiger partial charge is 0.342 e. The van der Waals surface area contributed by atoms with Crippen LogP contribution in [0.3, 0.4) is 0 Å². The molecule has 1 aromatic heterocycles. The molecule has 3 rings (SSSR count). The van der Waals surface area contributed by atoms with Crippen LogP contribution < -0.4 is 0 Å². The fraction of sp³-hybridized carbons (Fsp3) is 0.500. The SMILES string of the molecule is CC[C@H]1CN(C(=O)CCCn2ccnc2)CC[C@@H]1c1ccccc1. The summed E-state index contributed by atoms with van der Waals surface area (Å²) in [6.45, 7) is 4.90. The number of piperidine rings is 1. The number of hydrogen-bond acceptors (Lipinski definition) is 2. The summed E-state index contributed by atoms with van der Waals surface area (Å²) in [4.78, 5) is 18.7. The summed E-state index contributed by atoms with van der Waals surface area (Å²) in [5.41, 5.74) is 1.43. The summed E-state index contributed by atoms with van der Waals surface area (Å²) < 4.78 is 2.03. The third-order valence-corrected chi connectivity index (χ3v) is 5.20. The van der Waals surface area contributed by atoms with Gasteiger partial charge in [0.05, 0.1) is 6.33 Å². The third kappa shape index (κ3) is 4.05. The molecule has 1 aromatic carbocycles. The van der Waals surface area contributed by atoms with E-state index in [2.05, 4.69) is 47.1 Å². The standard InChI is InChI=1S/C20H27N3O/c1-2-17-15-23(13-10-19(17)18-7-4-3-5-8-18)20(24)9-6-12-22-14-11-21-16-22/h3-5,7-8,11,14,16-17,19H,2,6,9-10,12-13,15H2,1H3/t17-,19-/m0/s1. The van der Waals surface area contributed by atoms with Gasteiger partial charge in [-0.15, -0.1) is 0 Å². The first-order valence-electron chi connectivity index (χ1n) is 9.06. The Morgan fingerprint density at radius 2 is 2.12 bits per heavy atom. The molecule has 0 radical (unpaired) electrons. The third-order valence-electron chi connectivity index (χ3n) is 5.20. The summed E-state index contributed by atoms with van der Waals surface area (Å²) in [6.07, 6.45) is 9.25. The molecule has 0 aliphatic carbocycles. The molecule has 1 aliphatic heterocycles. The first-order valence-corrected chi connectivity index (χ1v) is 9.06. The second-order valence-electron chi connectivity index (χ2n) is 6.72. The summed E-state index contributed by atoms with van der Waals surface area (Å²) in [7, 11) is 0. The molecule has 1 fully saturated rings. The van der Waals surface area contributed by atoms with E-state index < -0.39 is 0 Å². The Morgan fingerprint density at radius 1 is 1.29 bits per heavy atom. The molecule has 1 saturated heterocycles. The Balaban J connectivity index is 1.52. The maximum atomic E-state index is 12.5. The maximum absolute atomic E-state index is 12.5. The molecule has 2 heterocycles. The highest BCUT2D eigenvalue weighted by Crippen LogP contribution is 2.35. The second kappa shape index (κ2) is 8.13. The average Bonchev–Trinajstić information content (AvgIpc) is 3.15. The highest BCUT2D eigenvalue weighted by atomic mass is 16.2. The van der Waals surface area contributed by atoms with E-state index in [9.17, 15) is 4.79 Å². The quantitative estimate of drug-likeness (QED) is 0.812. The van der Waals surface area contributed by atoms with Gasteiger partial charge < -0.3 is 9.47 Å². The van der Waals surface area contributed by atoms with Crippen LogP contribution in [0, 0.1) is 5.92 Å². The van der Waals surface area contributed by atoms with Crippen molar-refractivity contribution in [2.75, 3.05) is 13.1 Å². The van der Waals surface area contributed by atoms with Crippen LogP contribution in [0.25, 0.3) is 0 Å². The number of carbonyl (C=O) groups is 1. The van der Waals surface area contributed by atoms with Crippen LogP contribution in [-0.4, -0.2) is 33.4 Å². The number of benzene rings is 1. The van der Waals surface area contributed by atoms with Crippen molar-refractivity contribution in [2.24, 2.45) is 5.92 Å². The highest BCUT2D eigenvalue weighted by molar-refractivity contribution is 5.76. The van der Waals surface area contributed by atoms with Crippen LogP contribution in [0.15, 0.2) is 49.1 Å². The number of imidazole rings is 1. The molecule has 2 aromatic rings. The molecule has 2 atom stereocenters. The van der Waals surface area contributed by atoms with Gasteiger partial charge in [0.2, 0.25) is 5.91 Å². The topological polar surface area (TPSA) is 38.1 Å². The highest BCUT2D eigenvalue weighted by Gasteiger charge is 2.30. The number of carbonyl (C=O) groups excluding carboxylic acids is 1. The molecule has 0 saturated carbocycles. The molecule has 0 spiro atoms. The van der Waals surface area contributed by atoms with Gasteiger partial charge in [-0.25, -0.2) is 4.98 Å². The summed E-state index contributed by atoms with van der Waals surface area (Å²) in [5, 5.41) is 0. The van der Waals surface area contributed by atoms with Gasteiger partial charge in [-0.2, -0.15) is 0 Å². The molecular formula is C20H27N3O. The zero-order valence-corrected chi connectivity index (χ0v) is 14.5. The molecule has 0 unspecified atom stereocenters. The molecule has 1 amide bonds. The lowest BCUT2D eigenvalue weighted by atomic mass is 9.79. The summed E-state index contributed by atoms with van der Waals surface area (Å²) in [5.74, 6) is 1.46. The molecule has 0 bridgehead atoms. The first-order chi connectivity index (χ1) is 11.8. The molecular weight excluding hydrogens is 298 g/mol. The normalized spacial score (nSPS) is 21.0. The number of likely N-dealkylation sites (tertiary alicyclic amines) is 1. The number of aromatic nitrogens is 2. The van der Waals surface area contributed by atoms with Crippen molar-refractivity contribution in [1.82, 2.24) is 14.5 Å². The summed E-state index contributed by atoms with van der Waals surface area (Å²) >= 11 is 0. The Bertz CT molecular complexity index is 624. The van der Waals surface area contributed by atoms with Crippen molar-refractivity contribution in [3.05, 3.63) is 54.6 Å². The van der Waals surface area contributed by atoms with Crippen LogP contribution in [0.5, 0.6) is 0 Å². The van der Waals surface area contributed by atoms with Crippen LogP contribution in [0.2, 0.25) is 0 Å². The lowest BCUT2D eigenvalue weighted by Gasteiger charge is -2.38. The minimum atomic E-state index is 0.306. The first kappa shape index (κ1) is 16.7. The predicted molar refractivity (Wildman–Crippen MR) is 95.6 cm³/mol. The van der Waals surface area contributed by atoms with Gasteiger partial charge in [0.25, 0.3) is 0 Å². The Morgan fingerprint density at radius 3 is 2.83 bits per heavy atom. The van der Waals surface area contributed by atoms with E-state index >= 15 is 0 Å². The molecule has 4 nitrogen and oxygen atoms in total. The number of rotatable bonds is 6. The lowest BCUT2D eigenvalue weighted by Crippen LogP contribution is -2.42. The Labute approximate surface area is 144 Å². The molecule has 4 heteroatoms. The van der Waals surface area contributed by atoms with E-state index in [1.165, 1.54) is 5.56 Å². The van der Waals surface area contributed by atoms with E-state index in [0.717, 1.165) is 38.9 Å². The fourth-order valence-electron chi connectivity index (χ4n) is 3.80. The van der Waals surface area contributed by atoms with Crippen molar-refractivity contribution in [2.45, 2.75) is 45.1 Å². The Kier molecular flexibility index (Phi) is 5.68. The van der Waals surface area contributed by atoms with Crippen molar-refractivity contribution >= 4 is 5.91 Å². The number of hydrogen-bond donors (Lipinski definition) is 0. The van der Waals surface area contributed by atoms with E-state index in [1.807, 2.05) is 17.1 Å². The average molecular weight is 325 g/mol. The van der Waals surface area contributed by atoms with Gasteiger partial charge in [0.15, 0.2) is 0 Å². The second-order valence-corrected chi connectivity index (χ2v) is 6.72. The van der Waals surface area contributed by atoms with Crippen molar-refractivity contribution < 1.29 is 4.79 Å². The Hall–Kier alpha value is -2.10. The van der Waals surface area contributed by atoms with Crippen molar-refractivity contribution in [3.8, 4) is 0 Å². The van der Waals surface area contributed by atoms with Gasteiger partial charge in [-0.3, -0.25) is 4.79 Å². The molecule has 128 valence electrons. The van der Waals surface area contributed by atoms with Gasteiger partial charge in [0.1, 0.15) is 0 Å². The fourth-order valence-corrected chi connectivity index (χ4v) is 3.80. The minimum absolute atomic E-state index is 0.306. The van der Waals surface area contributed by atoms with Gasteiger partial charge >= 0.3 is 0 Å². The van der Waals surface area contributed by atoms with Crippen molar-refractivity contribution in [3.63, 3.8) is 0 Å². The molecule has 24 heavy (non-hydrogen) atoms. The lowest BCUT2D eigenvalue weighted by molar-refractivity contribution is -0.133. The van der Waals surface area contributed by atoms with Gasteiger partial charge in [-0.05, 0) is 30.2 Å². The van der Waals surface area contributed by atoms with Crippen LogP contribution >= 0.6 is 0 Å². The van der Waals surface area contributed by atoms with Crippen LogP contribution in [0.1, 0.15) is 44.1 Å². The summed E-state index contributed by atoms with van der Waals surface area (Å²) in [6, 6.07) is 10.8. The monoisotopic (exact) mass is 325 g/mol. The van der Waals surface area contributed by atoms with E-state index in [0.29, 0.717) is 24.2 Å². The zero-order chi connectivity index (χ0) is 16.8. The zero-order valence-electron chi connectivity index (χ0n) is 14.5. The molecule has 0 N–H and O–H groups in total. The van der Waals surface area contributed by atoms with Gasteiger partial charge in [0, 0.05) is 38.4 Å². The van der Waals surface area contributed by atoms with E-state index in [1.54, 1.807) is 6.20 Å². The number of amides is 1. The smallest absolute Gasteiger partial charge is 0.222 e. The van der Waals surface area contributed by atoms with E-state index in [4.69, 9.17) is 0 Å².